The molecule has 3 rings (SSSR count). The molecule has 0 radical (unpaired) electrons. The molecule has 6 heteroatoms. The van der Waals surface area contributed by atoms with E-state index in [4.69, 9.17) is 0 Å². The molecule has 1 fully saturated rings. The zero-order chi connectivity index (χ0) is 16.1. The molecule has 0 spiro atoms. The number of nitrogens with one attached hydrogen (secondary N) is 1. The van der Waals surface area contributed by atoms with Crippen LogP contribution in [0.4, 0.5) is 0 Å². The average Bonchev–Trinajstić information content (AvgIpc) is 2.90. The van der Waals surface area contributed by atoms with Crippen LogP contribution in [0, 0.1) is 0 Å². The zero-order valence-corrected chi connectivity index (χ0v) is 13.0. The number of para-hydroxylation sites is 1. The van der Waals surface area contributed by atoms with E-state index >= 15 is 0 Å². The van der Waals surface area contributed by atoms with Crippen molar-refractivity contribution in [1.82, 2.24) is 5.32 Å². The first kappa shape index (κ1) is 15.3. The maximum atomic E-state index is 12.0. The molecule has 23 heavy (non-hydrogen) atoms. The van der Waals surface area contributed by atoms with Crippen LogP contribution >= 0.6 is 11.8 Å². The second-order valence-corrected chi connectivity index (χ2v) is 6.19. The Morgan fingerprint density at radius 1 is 1.13 bits per heavy atom. The number of amidine groups is 1. The lowest BCUT2D eigenvalue weighted by Gasteiger charge is -2.04. The Hall–Kier alpha value is -2.60. The summed E-state index contributed by atoms with van der Waals surface area (Å²) < 4.78 is 0. The fourth-order valence-corrected chi connectivity index (χ4v) is 3.12. The van der Waals surface area contributed by atoms with Gasteiger partial charge in [0.15, 0.2) is 5.17 Å². The van der Waals surface area contributed by atoms with E-state index in [0.29, 0.717) is 17.2 Å². The van der Waals surface area contributed by atoms with Gasteiger partial charge in [0.05, 0.1) is 11.5 Å². The van der Waals surface area contributed by atoms with Crippen molar-refractivity contribution in [3.05, 3.63) is 65.7 Å². The lowest BCUT2D eigenvalue weighted by Crippen LogP contribution is -2.25. The van der Waals surface area contributed by atoms with Gasteiger partial charge in [0, 0.05) is 5.56 Å². The lowest BCUT2D eigenvalue weighted by molar-refractivity contribution is -0.118. The Balaban J connectivity index is 1.64. The van der Waals surface area contributed by atoms with Gasteiger partial charge in [-0.2, -0.15) is 5.10 Å². The topological polar surface area (TPSA) is 74.0 Å². The smallest absolute Gasteiger partial charge is 0.239 e. The minimum atomic E-state index is -0.198. The summed E-state index contributed by atoms with van der Waals surface area (Å²) in [5.74, 6) is 0.0804. The molecule has 0 bridgehead atoms. The number of carbonyl (C=O) groups is 1. The number of thioether (sulfide) groups is 1. The van der Waals surface area contributed by atoms with E-state index in [2.05, 4.69) is 15.5 Å². The third-order valence-corrected chi connectivity index (χ3v) is 4.39. The maximum Gasteiger partial charge on any atom is 0.239 e. The summed E-state index contributed by atoms with van der Waals surface area (Å²) in [5.41, 5.74) is 1.69. The summed E-state index contributed by atoms with van der Waals surface area (Å²) >= 11 is 1.37. The molecule has 0 aromatic heterocycles. The molecule has 0 aliphatic carbocycles. The highest BCUT2D eigenvalue weighted by Crippen LogP contribution is 2.23. The van der Waals surface area contributed by atoms with E-state index in [1.165, 1.54) is 18.0 Å². The summed E-state index contributed by atoms with van der Waals surface area (Å²) in [6.07, 6.45) is 2.11. The Kier molecular flexibility index (Phi) is 4.73. The molecule has 1 aliphatic heterocycles. The summed E-state index contributed by atoms with van der Waals surface area (Å²) in [5, 5.41) is 20.6. The average molecular weight is 325 g/mol. The van der Waals surface area contributed by atoms with Crippen LogP contribution in [0.3, 0.4) is 0 Å². The quantitative estimate of drug-likeness (QED) is 0.670. The molecular weight excluding hydrogens is 310 g/mol. The number of rotatable bonds is 4. The Morgan fingerprint density at radius 2 is 1.87 bits per heavy atom. The normalized spacial score (nSPS) is 19.4. The van der Waals surface area contributed by atoms with Gasteiger partial charge in [-0.3, -0.25) is 4.79 Å². The fourth-order valence-electron chi connectivity index (χ4n) is 2.15. The first-order chi connectivity index (χ1) is 11.2. The number of hydrogen-bond donors (Lipinski definition) is 2. The third-order valence-electron chi connectivity index (χ3n) is 3.32. The summed E-state index contributed by atoms with van der Waals surface area (Å²) in [4.78, 5) is 12.0. The molecule has 2 aromatic carbocycles. The van der Waals surface area contributed by atoms with E-state index in [1.54, 1.807) is 24.3 Å². The Morgan fingerprint density at radius 3 is 2.65 bits per heavy atom. The van der Waals surface area contributed by atoms with E-state index in [1.807, 2.05) is 30.3 Å². The first-order valence-corrected chi connectivity index (χ1v) is 8.01. The van der Waals surface area contributed by atoms with Gasteiger partial charge < -0.3 is 10.4 Å². The van der Waals surface area contributed by atoms with Crippen LogP contribution in [0.5, 0.6) is 5.75 Å². The van der Waals surface area contributed by atoms with Crippen molar-refractivity contribution in [3.8, 4) is 5.75 Å². The predicted octanol–water partition coefficient (Wildman–Crippen LogP) is 2.56. The van der Waals surface area contributed by atoms with Gasteiger partial charge in [-0.25, -0.2) is 0 Å². The molecule has 116 valence electrons. The maximum absolute atomic E-state index is 12.0. The molecule has 5 nitrogen and oxygen atoms in total. The number of benzene rings is 2. The minimum Gasteiger partial charge on any atom is -0.507 e. The molecule has 1 saturated heterocycles. The molecule has 1 atom stereocenters. The van der Waals surface area contributed by atoms with Crippen molar-refractivity contribution in [2.24, 2.45) is 10.2 Å². The minimum absolute atomic E-state index is 0.0599. The number of nitrogens with zero attached hydrogens (tertiary/aromatic N) is 2. The van der Waals surface area contributed by atoms with Gasteiger partial charge in [0.2, 0.25) is 5.91 Å². The van der Waals surface area contributed by atoms with Crippen LogP contribution in [0.25, 0.3) is 0 Å². The number of phenolic OH excluding ortho intramolecular Hbond substituents is 1. The first-order valence-electron chi connectivity index (χ1n) is 7.13. The SMILES string of the molecule is O=C1N/C(=N/N=C/c2ccccc2O)SC1Cc1ccccc1. The number of carbonyl (C=O) groups excluding carboxylic acids is 1. The molecular formula is C17H15N3O2S. The van der Waals surface area contributed by atoms with Gasteiger partial charge in [0.25, 0.3) is 0 Å². The van der Waals surface area contributed by atoms with Crippen molar-refractivity contribution < 1.29 is 9.90 Å². The highest BCUT2D eigenvalue weighted by Gasteiger charge is 2.30. The van der Waals surface area contributed by atoms with Crippen LogP contribution in [0.1, 0.15) is 11.1 Å². The highest BCUT2D eigenvalue weighted by molar-refractivity contribution is 8.15. The summed E-state index contributed by atoms with van der Waals surface area (Å²) in [6, 6.07) is 16.7. The van der Waals surface area contributed by atoms with E-state index < -0.39 is 0 Å². The van der Waals surface area contributed by atoms with E-state index in [-0.39, 0.29) is 16.9 Å². The summed E-state index contributed by atoms with van der Waals surface area (Å²) in [7, 11) is 0. The zero-order valence-electron chi connectivity index (χ0n) is 12.2. The van der Waals surface area contributed by atoms with Crippen LogP contribution in [0.15, 0.2) is 64.8 Å². The molecule has 1 amide bonds. The second-order valence-electron chi connectivity index (χ2n) is 4.99. The molecule has 2 N–H and O–H groups in total. The number of hydrogen-bond acceptors (Lipinski definition) is 5. The van der Waals surface area contributed by atoms with Crippen molar-refractivity contribution in [2.75, 3.05) is 0 Å². The lowest BCUT2D eigenvalue weighted by atomic mass is 10.1. The monoisotopic (exact) mass is 325 g/mol. The van der Waals surface area contributed by atoms with Crippen LogP contribution < -0.4 is 5.32 Å². The van der Waals surface area contributed by atoms with Gasteiger partial charge >= 0.3 is 0 Å². The third kappa shape index (κ3) is 3.98. The number of aromatic hydroxyl groups is 1. The van der Waals surface area contributed by atoms with Gasteiger partial charge in [-0.15, -0.1) is 5.10 Å². The molecule has 1 heterocycles. The molecule has 2 aromatic rings. The predicted molar refractivity (Wildman–Crippen MR) is 92.8 cm³/mol. The molecule has 1 aliphatic rings. The molecule has 0 saturated carbocycles. The Bertz CT molecular complexity index is 759. The van der Waals surface area contributed by atoms with E-state index in [9.17, 15) is 9.90 Å². The van der Waals surface area contributed by atoms with Crippen molar-refractivity contribution in [1.29, 1.82) is 0 Å². The highest BCUT2D eigenvalue weighted by atomic mass is 32.2. The largest absolute Gasteiger partial charge is 0.507 e. The van der Waals surface area contributed by atoms with Crippen LogP contribution in [-0.4, -0.2) is 27.6 Å². The van der Waals surface area contributed by atoms with Gasteiger partial charge in [-0.05, 0) is 24.1 Å². The molecule has 1 unspecified atom stereocenters. The van der Waals surface area contributed by atoms with Gasteiger partial charge in [-0.1, -0.05) is 54.2 Å². The van der Waals surface area contributed by atoms with Crippen molar-refractivity contribution >= 4 is 29.1 Å². The van der Waals surface area contributed by atoms with Crippen LogP contribution in [0.2, 0.25) is 0 Å². The fraction of sp³-hybridized carbons (Fsp3) is 0.118. The van der Waals surface area contributed by atoms with Gasteiger partial charge in [0.1, 0.15) is 5.75 Å². The van der Waals surface area contributed by atoms with Crippen molar-refractivity contribution in [3.63, 3.8) is 0 Å². The van der Waals surface area contributed by atoms with E-state index in [0.717, 1.165) is 5.56 Å². The Labute approximate surface area is 138 Å². The standard InChI is InChI=1S/C17H15N3O2S/c21-14-9-5-4-8-13(14)11-18-20-17-19-16(22)15(23-17)10-12-6-2-1-3-7-12/h1-9,11,15,21H,10H2,(H,19,20,22)/b18-11+. The van der Waals surface area contributed by atoms with Crippen LogP contribution in [-0.2, 0) is 11.2 Å². The summed E-state index contributed by atoms with van der Waals surface area (Å²) in [6.45, 7) is 0. The number of amides is 1. The number of phenols is 1. The second kappa shape index (κ2) is 7.11. The van der Waals surface area contributed by atoms with Crippen molar-refractivity contribution in [2.45, 2.75) is 11.7 Å².